The number of ether oxygens (including phenoxy) is 1. The molecule has 0 saturated carbocycles. The Hall–Kier alpha value is -0.160. The summed E-state index contributed by atoms with van der Waals surface area (Å²) in [4.78, 5) is 4.92. The summed E-state index contributed by atoms with van der Waals surface area (Å²) in [6.07, 6.45) is 1.61. The first-order valence-electron chi connectivity index (χ1n) is 6.91. The summed E-state index contributed by atoms with van der Waals surface area (Å²) in [5.74, 6) is 0. The number of nitrogens with zero attached hydrogens (tertiary/aromatic N) is 2. The van der Waals surface area contributed by atoms with Crippen molar-refractivity contribution in [2.45, 2.75) is 26.4 Å². The van der Waals surface area contributed by atoms with E-state index in [9.17, 15) is 0 Å². The van der Waals surface area contributed by atoms with E-state index in [2.05, 4.69) is 36.0 Å². The summed E-state index contributed by atoms with van der Waals surface area (Å²) in [5.41, 5.74) is 0. The SMILES string of the molecule is CC(C)OCCN(C)CCCN1CCNCC1. The molecular weight excluding hydrogens is 214 g/mol. The molecule has 4 nitrogen and oxygen atoms in total. The van der Waals surface area contributed by atoms with Crippen LogP contribution in [0.25, 0.3) is 0 Å². The minimum atomic E-state index is 0.351. The molecule has 0 radical (unpaired) electrons. The largest absolute Gasteiger partial charge is 0.377 e. The smallest absolute Gasteiger partial charge is 0.0596 e. The van der Waals surface area contributed by atoms with E-state index in [0.717, 1.165) is 26.2 Å². The van der Waals surface area contributed by atoms with Crippen LogP contribution in [0.2, 0.25) is 0 Å². The molecule has 0 aromatic heterocycles. The highest BCUT2D eigenvalue weighted by molar-refractivity contribution is 4.67. The molecule has 0 unspecified atom stereocenters. The summed E-state index contributed by atoms with van der Waals surface area (Å²) < 4.78 is 5.55. The molecule has 0 aliphatic carbocycles. The molecule has 1 aliphatic rings. The summed E-state index contributed by atoms with van der Waals surface area (Å²) in [6, 6.07) is 0. The number of nitrogens with one attached hydrogen (secondary N) is 1. The maximum Gasteiger partial charge on any atom is 0.0596 e. The van der Waals surface area contributed by atoms with E-state index >= 15 is 0 Å². The van der Waals surface area contributed by atoms with Crippen molar-refractivity contribution in [3.8, 4) is 0 Å². The van der Waals surface area contributed by atoms with Crippen molar-refractivity contribution >= 4 is 0 Å². The van der Waals surface area contributed by atoms with Crippen molar-refractivity contribution in [1.82, 2.24) is 15.1 Å². The van der Waals surface area contributed by atoms with Gasteiger partial charge in [-0.1, -0.05) is 0 Å². The average Bonchev–Trinajstić information content (AvgIpc) is 2.30. The van der Waals surface area contributed by atoms with Crippen LogP contribution >= 0.6 is 0 Å². The third kappa shape index (κ3) is 7.71. The number of rotatable bonds is 8. The van der Waals surface area contributed by atoms with Crippen LogP contribution in [0.3, 0.4) is 0 Å². The number of hydrogen-bond acceptors (Lipinski definition) is 4. The zero-order chi connectivity index (χ0) is 12.5. The third-order valence-electron chi connectivity index (χ3n) is 3.15. The highest BCUT2D eigenvalue weighted by Crippen LogP contribution is 1.96. The van der Waals surface area contributed by atoms with Gasteiger partial charge in [-0.25, -0.2) is 0 Å². The van der Waals surface area contributed by atoms with Crippen molar-refractivity contribution in [2.24, 2.45) is 0 Å². The maximum atomic E-state index is 5.55. The predicted molar refractivity (Wildman–Crippen MR) is 72.5 cm³/mol. The molecule has 0 aromatic carbocycles. The Labute approximate surface area is 106 Å². The number of piperazine rings is 1. The van der Waals surface area contributed by atoms with Crippen LogP contribution in [0.1, 0.15) is 20.3 Å². The summed E-state index contributed by atoms with van der Waals surface area (Å²) in [6.45, 7) is 13.2. The minimum Gasteiger partial charge on any atom is -0.377 e. The zero-order valence-electron chi connectivity index (χ0n) is 11.7. The molecule has 0 aromatic rings. The van der Waals surface area contributed by atoms with Crippen molar-refractivity contribution < 1.29 is 4.74 Å². The summed E-state index contributed by atoms with van der Waals surface area (Å²) in [5, 5.41) is 3.38. The Bertz CT molecular complexity index is 182. The standard InChI is InChI=1S/C13H29N3O/c1-13(2)17-12-11-15(3)7-4-8-16-9-5-14-6-10-16/h13-14H,4-12H2,1-3H3. The van der Waals surface area contributed by atoms with Gasteiger partial charge in [0.1, 0.15) is 0 Å². The van der Waals surface area contributed by atoms with E-state index in [-0.39, 0.29) is 0 Å². The molecule has 0 bridgehead atoms. The highest BCUT2D eigenvalue weighted by Gasteiger charge is 2.08. The lowest BCUT2D eigenvalue weighted by molar-refractivity contribution is 0.0631. The van der Waals surface area contributed by atoms with Crippen LogP contribution in [0.15, 0.2) is 0 Å². The Morgan fingerprint density at radius 1 is 1.24 bits per heavy atom. The van der Waals surface area contributed by atoms with Crippen LogP contribution in [0.4, 0.5) is 0 Å². The first kappa shape index (κ1) is 14.9. The quantitative estimate of drug-likeness (QED) is 0.677. The Kier molecular flexibility index (Phi) is 7.77. The Balaban J connectivity index is 1.93. The van der Waals surface area contributed by atoms with E-state index in [0.29, 0.717) is 6.10 Å². The molecular formula is C13H29N3O. The van der Waals surface area contributed by atoms with Gasteiger partial charge < -0.3 is 19.9 Å². The second-order valence-corrected chi connectivity index (χ2v) is 5.17. The molecule has 4 heteroatoms. The molecule has 102 valence electrons. The average molecular weight is 243 g/mol. The fourth-order valence-corrected chi connectivity index (χ4v) is 2.06. The van der Waals surface area contributed by atoms with Gasteiger partial charge in [-0.2, -0.15) is 0 Å². The first-order valence-corrected chi connectivity index (χ1v) is 6.91. The normalized spacial score (nSPS) is 18.2. The highest BCUT2D eigenvalue weighted by atomic mass is 16.5. The van der Waals surface area contributed by atoms with Gasteiger partial charge in [0.2, 0.25) is 0 Å². The fraction of sp³-hybridized carbons (Fsp3) is 1.00. The Morgan fingerprint density at radius 3 is 2.59 bits per heavy atom. The topological polar surface area (TPSA) is 27.7 Å². The maximum absolute atomic E-state index is 5.55. The molecule has 1 heterocycles. The van der Waals surface area contributed by atoms with Gasteiger partial charge in [0.25, 0.3) is 0 Å². The lowest BCUT2D eigenvalue weighted by Crippen LogP contribution is -2.44. The van der Waals surface area contributed by atoms with E-state index in [4.69, 9.17) is 4.74 Å². The van der Waals surface area contributed by atoms with Crippen LogP contribution in [-0.4, -0.2) is 75.4 Å². The van der Waals surface area contributed by atoms with Crippen molar-refractivity contribution in [3.63, 3.8) is 0 Å². The molecule has 1 N–H and O–H groups in total. The molecule has 0 amide bonds. The molecule has 0 atom stereocenters. The number of likely N-dealkylation sites (N-methyl/N-ethyl adjacent to an activating group) is 1. The zero-order valence-corrected chi connectivity index (χ0v) is 11.7. The van der Waals surface area contributed by atoms with E-state index < -0.39 is 0 Å². The van der Waals surface area contributed by atoms with Crippen molar-refractivity contribution in [2.75, 3.05) is 59.5 Å². The molecule has 1 fully saturated rings. The van der Waals surface area contributed by atoms with Crippen LogP contribution < -0.4 is 5.32 Å². The molecule has 1 rings (SSSR count). The van der Waals surface area contributed by atoms with E-state index in [1.54, 1.807) is 0 Å². The van der Waals surface area contributed by atoms with Gasteiger partial charge in [-0.3, -0.25) is 0 Å². The minimum absolute atomic E-state index is 0.351. The van der Waals surface area contributed by atoms with Crippen molar-refractivity contribution in [3.05, 3.63) is 0 Å². The van der Waals surface area contributed by atoms with Gasteiger partial charge in [0, 0.05) is 32.7 Å². The third-order valence-corrected chi connectivity index (χ3v) is 3.15. The lowest BCUT2D eigenvalue weighted by Gasteiger charge is -2.28. The summed E-state index contributed by atoms with van der Waals surface area (Å²) >= 11 is 0. The van der Waals surface area contributed by atoms with Gasteiger partial charge in [0.15, 0.2) is 0 Å². The second kappa shape index (κ2) is 8.86. The molecule has 17 heavy (non-hydrogen) atoms. The van der Waals surface area contributed by atoms with Crippen LogP contribution in [0, 0.1) is 0 Å². The lowest BCUT2D eigenvalue weighted by atomic mass is 10.3. The Morgan fingerprint density at radius 2 is 1.94 bits per heavy atom. The van der Waals surface area contributed by atoms with Gasteiger partial charge in [-0.05, 0) is 40.4 Å². The first-order chi connectivity index (χ1) is 8.18. The summed E-state index contributed by atoms with van der Waals surface area (Å²) in [7, 11) is 2.18. The second-order valence-electron chi connectivity index (χ2n) is 5.17. The predicted octanol–water partition coefficient (Wildman–Crippen LogP) is 0.639. The van der Waals surface area contributed by atoms with Crippen LogP contribution in [0.5, 0.6) is 0 Å². The van der Waals surface area contributed by atoms with E-state index in [1.807, 2.05) is 0 Å². The van der Waals surface area contributed by atoms with Crippen molar-refractivity contribution in [1.29, 1.82) is 0 Å². The van der Waals surface area contributed by atoms with Gasteiger partial charge in [-0.15, -0.1) is 0 Å². The fourth-order valence-electron chi connectivity index (χ4n) is 2.06. The molecule has 0 spiro atoms. The molecule has 1 saturated heterocycles. The van der Waals surface area contributed by atoms with E-state index in [1.165, 1.54) is 32.6 Å². The molecule has 1 aliphatic heterocycles. The number of hydrogen-bond donors (Lipinski definition) is 1. The van der Waals surface area contributed by atoms with Gasteiger partial charge >= 0.3 is 0 Å². The van der Waals surface area contributed by atoms with Gasteiger partial charge in [0.05, 0.1) is 12.7 Å². The monoisotopic (exact) mass is 243 g/mol. The van der Waals surface area contributed by atoms with Crippen LogP contribution in [-0.2, 0) is 4.74 Å².